The van der Waals surface area contributed by atoms with E-state index in [0.717, 1.165) is 18.4 Å². The van der Waals surface area contributed by atoms with Crippen LogP contribution in [0.4, 0.5) is 0 Å². The molecule has 4 atom stereocenters. The molecule has 0 spiro atoms. The molecule has 0 unspecified atom stereocenters. The fraction of sp³-hybridized carbons (Fsp3) is 0.686. The maximum atomic E-state index is 12.3. The van der Waals surface area contributed by atoms with E-state index < -0.39 is 17.3 Å². The van der Waals surface area contributed by atoms with Crippen molar-refractivity contribution in [3.05, 3.63) is 52.1 Å². The molecule has 0 heterocycles. The summed E-state index contributed by atoms with van der Waals surface area (Å²) in [4.78, 5) is 50.6. The molecule has 258 valence electrons. The maximum Gasteiger partial charge on any atom is 0.311 e. The number of aliphatic hydroxyl groups excluding tert-OH is 2. The Hall–Kier alpha value is -3.31. The second-order valence-electron chi connectivity index (χ2n) is 12.1. The molecule has 0 radical (unpaired) electrons. The third-order valence-corrected chi connectivity index (χ3v) is 8.44. The van der Waals surface area contributed by atoms with Gasteiger partial charge in [0.1, 0.15) is 11.5 Å². The van der Waals surface area contributed by atoms with E-state index in [1.807, 2.05) is 12.2 Å². The van der Waals surface area contributed by atoms with E-state index in [2.05, 4.69) is 11.8 Å². The fourth-order valence-corrected chi connectivity index (χ4v) is 5.79. The number of ketones is 1. The molecule has 0 aromatic heterocycles. The van der Waals surface area contributed by atoms with Crippen LogP contribution in [0, 0.1) is 22.0 Å². The van der Waals surface area contributed by atoms with Crippen molar-refractivity contribution in [3.63, 3.8) is 0 Å². The summed E-state index contributed by atoms with van der Waals surface area (Å²) in [5.74, 6) is -0.167. The molecule has 1 fully saturated rings. The van der Waals surface area contributed by atoms with Gasteiger partial charge in [0.05, 0.1) is 25.4 Å². The number of allylic oxidation sites excluding steroid dienone is 2. The molecule has 1 aliphatic carbocycles. The first-order chi connectivity index (χ1) is 22.2. The lowest BCUT2D eigenvalue weighted by Gasteiger charge is -2.22. The standard InChI is InChI=1S/C35H53NO10/c1-2-3-4-5-8-13-28(37)19-22-31-30(32(38)26-33(31)39)14-9-6-7-10-16-35(41)46-29-20-17-27(18-21-29)23-25-44-34(40)15-11-12-24-45-36(42)43/h6,9,17-18,20-21,30-33,38-39H,2-5,7-8,10-16,19,22-26H2,1H3/t30-,31-,32+,33-/m1/s1. The molecular formula is C35H53NO10. The second-order valence-corrected chi connectivity index (χ2v) is 12.1. The van der Waals surface area contributed by atoms with Crippen molar-refractivity contribution in [3.8, 4) is 5.75 Å². The molecule has 0 saturated heterocycles. The fourth-order valence-electron chi connectivity index (χ4n) is 5.79. The van der Waals surface area contributed by atoms with Crippen LogP contribution in [0.1, 0.15) is 115 Å². The Bertz CT molecular complexity index is 1070. The van der Waals surface area contributed by atoms with Gasteiger partial charge in [0.2, 0.25) is 0 Å². The van der Waals surface area contributed by atoms with Gasteiger partial charge >= 0.3 is 11.9 Å². The minimum absolute atomic E-state index is 0.0434. The number of hydrogen-bond acceptors (Lipinski definition) is 10. The van der Waals surface area contributed by atoms with Crippen LogP contribution < -0.4 is 4.74 Å². The van der Waals surface area contributed by atoms with Crippen molar-refractivity contribution in [2.24, 2.45) is 11.8 Å². The zero-order valence-electron chi connectivity index (χ0n) is 27.3. The van der Waals surface area contributed by atoms with Crippen LogP contribution in [0.2, 0.25) is 0 Å². The number of nitrogens with zero attached hydrogens (tertiary/aromatic N) is 1. The number of ether oxygens (including phenoxy) is 2. The number of rotatable bonds is 25. The van der Waals surface area contributed by atoms with Crippen molar-refractivity contribution < 1.29 is 44.0 Å². The van der Waals surface area contributed by atoms with Gasteiger partial charge in [-0.1, -0.05) is 56.9 Å². The number of aliphatic hydroxyl groups is 2. The summed E-state index contributed by atoms with van der Waals surface area (Å²) in [6.07, 6.45) is 14.1. The van der Waals surface area contributed by atoms with Crippen LogP contribution in [-0.4, -0.2) is 58.4 Å². The van der Waals surface area contributed by atoms with E-state index in [1.54, 1.807) is 24.3 Å². The Morgan fingerprint density at radius 3 is 2.28 bits per heavy atom. The lowest BCUT2D eigenvalue weighted by atomic mass is 9.86. The Morgan fingerprint density at radius 1 is 0.848 bits per heavy atom. The average Bonchev–Trinajstić information content (AvgIpc) is 3.29. The van der Waals surface area contributed by atoms with Crippen molar-refractivity contribution in [2.75, 3.05) is 13.2 Å². The van der Waals surface area contributed by atoms with Crippen molar-refractivity contribution in [1.82, 2.24) is 0 Å². The van der Waals surface area contributed by atoms with E-state index in [4.69, 9.17) is 9.47 Å². The normalized spacial score (nSPS) is 19.3. The van der Waals surface area contributed by atoms with Gasteiger partial charge in [-0.3, -0.25) is 14.4 Å². The summed E-state index contributed by atoms with van der Waals surface area (Å²) in [5.41, 5.74) is 0.920. The van der Waals surface area contributed by atoms with Crippen LogP contribution in [-0.2, 0) is 30.4 Å². The molecule has 46 heavy (non-hydrogen) atoms. The topological polar surface area (TPSA) is 162 Å². The van der Waals surface area contributed by atoms with Crippen molar-refractivity contribution in [1.29, 1.82) is 0 Å². The lowest BCUT2D eigenvalue weighted by Crippen LogP contribution is -2.22. The first-order valence-electron chi connectivity index (χ1n) is 16.9. The molecule has 2 rings (SSSR count). The SMILES string of the molecule is CCCCCCCC(=O)CC[C@@H]1[C@@H](CC=CCCCC(=O)Oc2ccc(CCOC(=O)CCCCO[N+](=O)[O-])cc2)[C@@H](O)C[C@H]1O. The van der Waals surface area contributed by atoms with Crippen LogP contribution >= 0.6 is 0 Å². The molecule has 0 bridgehead atoms. The van der Waals surface area contributed by atoms with E-state index in [1.165, 1.54) is 19.3 Å². The zero-order valence-corrected chi connectivity index (χ0v) is 27.3. The Labute approximate surface area is 272 Å². The first-order valence-corrected chi connectivity index (χ1v) is 16.9. The number of carbonyl (C=O) groups is 3. The Morgan fingerprint density at radius 2 is 1.54 bits per heavy atom. The number of hydrogen-bond donors (Lipinski definition) is 2. The molecule has 1 aromatic rings. The summed E-state index contributed by atoms with van der Waals surface area (Å²) in [6.45, 7) is 2.33. The predicted octanol–water partition coefficient (Wildman–Crippen LogP) is 6.24. The van der Waals surface area contributed by atoms with Crippen LogP contribution in [0.3, 0.4) is 0 Å². The van der Waals surface area contributed by atoms with Gasteiger partial charge in [0, 0.05) is 32.1 Å². The van der Waals surface area contributed by atoms with E-state index in [-0.39, 0.29) is 55.6 Å². The molecule has 11 nitrogen and oxygen atoms in total. The van der Waals surface area contributed by atoms with Gasteiger partial charge < -0.3 is 24.5 Å². The van der Waals surface area contributed by atoms with Gasteiger partial charge in [-0.25, -0.2) is 0 Å². The van der Waals surface area contributed by atoms with Crippen molar-refractivity contribution >= 4 is 17.7 Å². The van der Waals surface area contributed by atoms with Crippen LogP contribution in [0.25, 0.3) is 0 Å². The van der Waals surface area contributed by atoms with E-state index >= 15 is 0 Å². The molecular weight excluding hydrogens is 594 g/mol. The summed E-state index contributed by atoms with van der Waals surface area (Å²) in [5, 5.41) is 30.2. The highest BCUT2D eigenvalue weighted by Crippen LogP contribution is 2.38. The highest BCUT2D eigenvalue weighted by Gasteiger charge is 2.40. The lowest BCUT2D eigenvalue weighted by molar-refractivity contribution is -0.757. The van der Waals surface area contributed by atoms with E-state index in [0.29, 0.717) is 70.0 Å². The smallest absolute Gasteiger partial charge is 0.311 e. The number of benzene rings is 1. The Balaban J connectivity index is 1.59. The number of esters is 2. The third kappa shape index (κ3) is 16.8. The van der Waals surface area contributed by atoms with Gasteiger partial charge in [0.25, 0.3) is 5.09 Å². The molecule has 1 aromatic carbocycles. The Kier molecular flexibility index (Phi) is 19.5. The summed E-state index contributed by atoms with van der Waals surface area (Å²) >= 11 is 0. The second kappa shape index (κ2) is 23.1. The average molecular weight is 648 g/mol. The van der Waals surface area contributed by atoms with Crippen molar-refractivity contribution in [2.45, 2.75) is 128 Å². The van der Waals surface area contributed by atoms with E-state index in [9.17, 15) is 34.7 Å². The molecule has 11 heteroatoms. The summed E-state index contributed by atoms with van der Waals surface area (Å²) in [7, 11) is 0. The first kappa shape index (κ1) is 38.9. The predicted molar refractivity (Wildman–Crippen MR) is 172 cm³/mol. The zero-order chi connectivity index (χ0) is 33.6. The minimum atomic E-state index is -0.858. The monoisotopic (exact) mass is 647 g/mol. The highest BCUT2D eigenvalue weighted by atomic mass is 16.9. The number of Topliss-reactive ketones (excluding diaryl/α,β-unsaturated/α-hetero) is 1. The van der Waals surface area contributed by atoms with Crippen LogP contribution in [0.5, 0.6) is 5.75 Å². The minimum Gasteiger partial charge on any atom is -0.465 e. The quantitative estimate of drug-likeness (QED) is 0.0310. The van der Waals surface area contributed by atoms with Gasteiger partial charge in [-0.05, 0) is 80.9 Å². The molecule has 0 aliphatic heterocycles. The number of carbonyl (C=O) groups excluding carboxylic acids is 3. The summed E-state index contributed by atoms with van der Waals surface area (Å²) < 4.78 is 10.6. The maximum absolute atomic E-state index is 12.3. The van der Waals surface area contributed by atoms with Gasteiger partial charge in [-0.15, -0.1) is 10.1 Å². The summed E-state index contributed by atoms with van der Waals surface area (Å²) in [6, 6.07) is 7.01. The molecule has 2 N–H and O–H groups in total. The van der Waals surface area contributed by atoms with Crippen LogP contribution in [0.15, 0.2) is 36.4 Å². The largest absolute Gasteiger partial charge is 0.465 e. The van der Waals surface area contributed by atoms with Gasteiger partial charge in [-0.2, -0.15) is 0 Å². The van der Waals surface area contributed by atoms with Gasteiger partial charge in [0.15, 0.2) is 0 Å². The highest BCUT2D eigenvalue weighted by molar-refractivity contribution is 5.78. The third-order valence-electron chi connectivity index (χ3n) is 8.44. The number of unbranched alkanes of at least 4 members (excludes halogenated alkanes) is 6. The molecule has 1 saturated carbocycles. The molecule has 1 aliphatic rings. The molecule has 0 amide bonds.